The number of hydrogen-bond acceptors (Lipinski definition) is 4. The maximum atomic E-state index is 12.0. The molecule has 1 unspecified atom stereocenters. The van der Waals surface area contributed by atoms with Crippen LogP contribution in [0.25, 0.3) is 0 Å². The zero-order chi connectivity index (χ0) is 17.5. The summed E-state index contributed by atoms with van der Waals surface area (Å²) in [5.41, 5.74) is 1.18. The minimum atomic E-state index is -0.187. The first-order valence-corrected chi connectivity index (χ1v) is 8.18. The van der Waals surface area contributed by atoms with Crippen molar-refractivity contribution in [2.45, 2.75) is 32.7 Å². The molecular formula is C17H16Cl2N4O. The summed E-state index contributed by atoms with van der Waals surface area (Å²) in [5, 5.41) is 16.6. The Morgan fingerprint density at radius 2 is 2.38 bits per heavy atom. The fourth-order valence-corrected chi connectivity index (χ4v) is 2.62. The zero-order valence-corrected chi connectivity index (χ0v) is 14.7. The monoisotopic (exact) mass is 362 g/mol. The minimum absolute atomic E-state index is 0.0183. The van der Waals surface area contributed by atoms with Crippen LogP contribution >= 0.6 is 23.2 Å². The van der Waals surface area contributed by atoms with Crippen molar-refractivity contribution in [3.8, 4) is 17.9 Å². The normalized spacial score (nSPS) is 16.0. The SMILES string of the molecule is CC#CCCn1ncc(C#N)c1NC1=CC(=O)C(CC=C(Cl)Cl)C1. The van der Waals surface area contributed by atoms with E-state index in [4.69, 9.17) is 23.2 Å². The molecule has 1 aromatic rings. The van der Waals surface area contributed by atoms with Crippen LogP contribution in [-0.4, -0.2) is 15.6 Å². The van der Waals surface area contributed by atoms with E-state index in [2.05, 4.69) is 28.3 Å². The van der Waals surface area contributed by atoms with Gasteiger partial charge in [0.2, 0.25) is 0 Å². The number of ketones is 1. The summed E-state index contributed by atoms with van der Waals surface area (Å²) < 4.78 is 1.85. The fourth-order valence-electron chi connectivity index (χ4n) is 2.44. The van der Waals surface area contributed by atoms with Gasteiger partial charge in [-0.15, -0.1) is 11.8 Å². The minimum Gasteiger partial charge on any atom is -0.343 e. The number of carbonyl (C=O) groups is 1. The lowest BCUT2D eigenvalue weighted by atomic mass is 10.0. The van der Waals surface area contributed by atoms with Crippen LogP contribution in [0.2, 0.25) is 0 Å². The van der Waals surface area contributed by atoms with Gasteiger partial charge in [0.25, 0.3) is 0 Å². The highest BCUT2D eigenvalue weighted by atomic mass is 35.5. The summed E-state index contributed by atoms with van der Waals surface area (Å²) in [6.07, 6.45) is 6.35. The largest absolute Gasteiger partial charge is 0.343 e. The van der Waals surface area contributed by atoms with E-state index in [0.717, 1.165) is 5.70 Å². The maximum absolute atomic E-state index is 12.0. The van der Waals surface area contributed by atoms with Gasteiger partial charge in [-0.2, -0.15) is 10.4 Å². The molecule has 0 aliphatic heterocycles. The second-order valence-electron chi connectivity index (χ2n) is 5.25. The van der Waals surface area contributed by atoms with E-state index in [9.17, 15) is 10.1 Å². The van der Waals surface area contributed by atoms with Crippen molar-refractivity contribution >= 4 is 34.8 Å². The fraction of sp³-hybridized carbons (Fsp3) is 0.353. The Morgan fingerprint density at radius 3 is 3.04 bits per heavy atom. The predicted octanol–water partition coefficient (Wildman–Crippen LogP) is 3.76. The van der Waals surface area contributed by atoms with E-state index >= 15 is 0 Å². The second-order valence-corrected chi connectivity index (χ2v) is 6.25. The van der Waals surface area contributed by atoms with Crippen LogP contribution in [-0.2, 0) is 11.3 Å². The number of aryl methyl sites for hydroxylation is 1. The van der Waals surface area contributed by atoms with Crippen LogP contribution in [0, 0.1) is 29.1 Å². The van der Waals surface area contributed by atoms with Gasteiger partial charge >= 0.3 is 0 Å². The van der Waals surface area contributed by atoms with Crippen LogP contribution in [0.3, 0.4) is 0 Å². The van der Waals surface area contributed by atoms with Gasteiger partial charge in [0, 0.05) is 24.1 Å². The number of anilines is 1. The Kier molecular flexibility index (Phi) is 6.49. The molecule has 24 heavy (non-hydrogen) atoms. The molecule has 1 aliphatic rings. The van der Waals surface area contributed by atoms with Gasteiger partial charge in [-0.25, -0.2) is 4.68 Å². The first kappa shape index (κ1) is 18.1. The van der Waals surface area contributed by atoms with E-state index in [0.29, 0.717) is 37.2 Å². The molecule has 1 aromatic heterocycles. The third-order valence-electron chi connectivity index (χ3n) is 3.61. The highest BCUT2D eigenvalue weighted by Crippen LogP contribution is 2.28. The highest BCUT2D eigenvalue weighted by molar-refractivity contribution is 6.55. The van der Waals surface area contributed by atoms with E-state index in [-0.39, 0.29) is 16.2 Å². The Hall–Kier alpha value is -2.21. The van der Waals surface area contributed by atoms with Crippen molar-refractivity contribution in [2.24, 2.45) is 5.92 Å². The van der Waals surface area contributed by atoms with E-state index in [1.165, 1.54) is 6.20 Å². The number of nitrogens with one attached hydrogen (secondary N) is 1. The molecule has 7 heteroatoms. The van der Waals surface area contributed by atoms with E-state index < -0.39 is 0 Å². The van der Waals surface area contributed by atoms with Gasteiger partial charge in [0.1, 0.15) is 21.9 Å². The van der Waals surface area contributed by atoms with Crippen LogP contribution in [0.4, 0.5) is 5.82 Å². The molecule has 1 aliphatic carbocycles. The Morgan fingerprint density at radius 1 is 1.58 bits per heavy atom. The molecule has 0 fully saturated rings. The molecule has 0 radical (unpaired) electrons. The Balaban J connectivity index is 2.10. The van der Waals surface area contributed by atoms with Crippen molar-refractivity contribution in [1.29, 1.82) is 5.26 Å². The van der Waals surface area contributed by atoms with Gasteiger partial charge in [0.15, 0.2) is 5.78 Å². The number of rotatable bonds is 6. The summed E-state index contributed by atoms with van der Waals surface area (Å²) in [5.74, 6) is 6.21. The van der Waals surface area contributed by atoms with Gasteiger partial charge < -0.3 is 5.32 Å². The molecule has 0 spiro atoms. The standard InChI is InChI=1S/C17H16Cl2N4O/c1-2-3-4-7-23-17(13(10-20)11-21-23)22-14-8-12(15(24)9-14)5-6-16(18)19/h6,9,11-12,22H,4-5,7-8H2,1H3. The Labute approximate surface area is 150 Å². The topological polar surface area (TPSA) is 70.7 Å². The lowest BCUT2D eigenvalue weighted by Crippen LogP contribution is -2.09. The van der Waals surface area contributed by atoms with Crippen molar-refractivity contribution in [2.75, 3.05) is 5.32 Å². The van der Waals surface area contributed by atoms with Crippen LogP contribution in [0.5, 0.6) is 0 Å². The third-order valence-corrected chi connectivity index (χ3v) is 3.91. The number of halogens is 2. The molecule has 0 saturated carbocycles. The third kappa shape index (κ3) is 4.64. The van der Waals surface area contributed by atoms with Crippen molar-refractivity contribution in [1.82, 2.24) is 9.78 Å². The van der Waals surface area contributed by atoms with Gasteiger partial charge in [0.05, 0.1) is 12.7 Å². The lowest BCUT2D eigenvalue weighted by Gasteiger charge is -2.11. The maximum Gasteiger partial charge on any atom is 0.161 e. The van der Waals surface area contributed by atoms with E-state index in [1.807, 2.05) is 0 Å². The molecule has 1 heterocycles. The quantitative estimate of drug-likeness (QED) is 0.782. The lowest BCUT2D eigenvalue weighted by molar-refractivity contribution is -0.117. The molecule has 0 amide bonds. The van der Waals surface area contributed by atoms with Gasteiger partial charge in [-0.05, 0) is 19.8 Å². The van der Waals surface area contributed by atoms with Crippen molar-refractivity contribution < 1.29 is 4.79 Å². The number of aromatic nitrogens is 2. The first-order valence-electron chi connectivity index (χ1n) is 7.43. The average Bonchev–Trinajstić information content (AvgIpc) is 3.09. The number of nitriles is 1. The Bertz CT molecular complexity index is 786. The summed E-state index contributed by atoms with van der Waals surface area (Å²) in [7, 11) is 0. The van der Waals surface area contributed by atoms with Gasteiger partial charge in [-0.3, -0.25) is 4.79 Å². The number of allylic oxidation sites excluding steroid dienone is 3. The molecule has 5 nitrogen and oxygen atoms in total. The zero-order valence-electron chi connectivity index (χ0n) is 13.1. The van der Waals surface area contributed by atoms with Gasteiger partial charge in [-0.1, -0.05) is 29.3 Å². The van der Waals surface area contributed by atoms with Crippen LogP contribution in [0.15, 0.2) is 28.5 Å². The summed E-state index contributed by atoms with van der Waals surface area (Å²) >= 11 is 11.2. The second kappa shape index (κ2) is 8.59. The predicted molar refractivity (Wildman–Crippen MR) is 94.2 cm³/mol. The highest BCUT2D eigenvalue weighted by Gasteiger charge is 2.25. The summed E-state index contributed by atoms with van der Waals surface area (Å²) in [4.78, 5) is 12.0. The number of nitrogens with zero attached hydrogens (tertiary/aromatic N) is 3. The van der Waals surface area contributed by atoms with Crippen molar-refractivity contribution in [3.05, 3.63) is 34.1 Å². The molecule has 0 bridgehead atoms. The molecule has 0 saturated heterocycles. The van der Waals surface area contributed by atoms with Crippen LogP contribution < -0.4 is 5.32 Å². The molecule has 124 valence electrons. The van der Waals surface area contributed by atoms with Crippen molar-refractivity contribution in [3.63, 3.8) is 0 Å². The number of carbonyl (C=O) groups excluding carboxylic acids is 1. The molecule has 2 rings (SSSR count). The molecule has 1 atom stereocenters. The number of hydrogen-bond donors (Lipinski definition) is 1. The van der Waals surface area contributed by atoms with E-state index in [1.54, 1.807) is 23.8 Å². The first-order chi connectivity index (χ1) is 11.5. The molecule has 0 aromatic carbocycles. The summed E-state index contributed by atoms with van der Waals surface area (Å²) in [6, 6.07) is 2.10. The van der Waals surface area contributed by atoms with Crippen LogP contribution in [0.1, 0.15) is 31.7 Å². The summed E-state index contributed by atoms with van der Waals surface area (Å²) in [6.45, 7) is 2.35. The average molecular weight is 363 g/mol. The molecule has 1 N–H and O–H groups in total. The molecular weight excluding hydrogens is 347 g/mol. The smallest absolute Gasteiger partial charge is 0.161 e.